The largest absolute Gasteiger partial charge is 0.396 e. The molecule has 0 saturated heterocycles. The Morgan fingerprint density at radius 1 is 0.710 bits per heavy atom. The van der Waals surface area contributed by atoms with Gasteiger partial charge in [0.2, 0.25) is 0 Å². The van der Waals surface area contributed by atoms with Crippen LogP contribution in [0.4, 0.5) is 0 Å². The number of rotatable bonds is 4. The van der Waals surface area contributed by atoms with Crippen LogP contribution >= 0.6 is 7.14 Å². The number of aliphatic hydroxyl groups is 6. The Bertz CT molecular complexity index is 879. The summed E-state index contributed by atoms with van der Waals surface area (Å²) in [5.41, 5.74) is -1.02. The Morgan fingerprint density at radius 2 is 1.16 bits per heavy atom. The van der Waals surface area contributed by atoms with Crippen LogP contribution in [0.2, 0.25) is 0 Å². The predicted molar refractivity (Wildman–Crippen MR) is 116 cm³/mol. The summed E-state index contributed by atoms with van der Waals surface area (Å²) < 4.78 is 14.9. The van der Waals surface area contributed by atoms with Crippen molar-refractivity contribution >= 4 is 17.8 Å². The Hall–Kier alpha value is -1.57. The van der Waals surface area contributed by atoms with Gasteiger partial charge in [0.25, 0.3) is 0 Å². The summed E-state index contributed by atoms with van der Waals surface area (Å²) in [5.74, 6) is -2.46. The minimum absolute atomic E-state index is 0.0542. The maximum absolute atomic E-state index is 14.9. The van der Waals surface area contributed by atoms with Gasteiger partial charge in [0.15, 0.2) is 0 Å². The maximum Gasteiger partial charge on any atom is 0.149 e. The summed E-state index contributed by atoms with van der Waals surface area (Å²) in [6.45, 7) is -0.376. The van der Waals surface area contributed by atoms with Crippen molar-refractivity contribution in [1.29, 1.82) is 0 Å². The first-order chi connectivity index (χ1) is 14.8. The molecule has 2 aliphatic carbocycles. The lowest BCUT2D eigenvalue weighted by atomic mass is 9.60. The van der Waals surface area contributed by atoms with Crippen LogP contribution in [0.3, 0.4) is 0 Å². The molecular formula is C23H29O7P. The Balaban J connectivity index is 1.93. The molecule has 6 N–H and O–H groups in total. The van der Waals surface area contributed by atoms with Gasteiger partial charge in [0.05, 0.1) is 24.0 Å². The average Bonchev–Trinajstić information content (AvgIpc) is 2.81. The fraction of sp³-hybridized carbons (Fsp3) is 0.478. The zero-order chi connectivity index (χ0) is 22.3. The van der Waals surface area contributed by atoms with Gasteiger partial charge in [-0.05, 0) is 18.3 Å². The number of fused-ring (bicyclic) bond motifs is 1. The van der Waals surface area contributed by atoms with Crippen molar-refractivity contribution in [2.24, 2.45) is 17.8 Å². The van der Waals surface area contributed by atoms with Crippen LogP contribution in [0, 0.1) is 17.8 Å². The predicted octanol–water partition coefficient (Wildman–Crippen LogP) is -0.568. The van der Waals surface area contributed by atoms with Crippen molar-refractivity contribution in [3.05, 3.63) is 60.7 Å². The van der Waals surface area contributed by atoms with E-state index in [0.717, 1.165) is 0 Å². The minimum Gasteiger partial charge on any atom is -0.396 e. The van der Waals surface area contributed by atoms with Gasteiger partial charge < -0.3 is 35.2 Å². The molecule has 7 nitrogen and oxygen atoms in total. The van der Waals surface area contributed by atoms with Crippen LogP contribution in [-0.2, 0) is 4.57 Å². The van der Waals surface area contributed by atoms with Crippen LogP contribution in [0.5, 0.6) is 0 Å². The van der Waals surface area contributed by atoms with Gasteiger partial charge in [-0.25, -0.2) is 0 Å². The van der Waals surface area contributed by atoms with E-state index in [1.807, 2.05) is 0 Å². The molecule has 2 aromatic rings. The van der Waals surface area contributed by atoms with E-state index in [2.05, 4.69) is 0 Å². The first-order valence-electron chi connectivity index (χ1n) is 10.5. The SMILES string of the molecule is O=P(c1ccccc1)(c1ccccc1)[C@H]1[C@@H]2[C@@H](O)[C@H](O)[C@@H](O)[C@H](O)[C@@H]2[C@@H](CO)C[C@@H]1O. The normalized spacial score (nSPS) is 38.5. The molecule has 0 radical (unpaired) electrons. The van der Waals surface area contributed by atoms with Crippen LogP contribution in [0.25, 0.3) is 0 Å². The summed E-state index contributed by atoms with van der Waals surface area (Å²) in [6.07, 6.45) is -7.33. The van der Waals surface area contributed by atoms with Gasteiger partial charge in [-0.15, -0.1) is 0 Å². The highest BCUT2D eigenvalue weighted by Gasteiger charge is 2.61. The van der Waals surface area contributed by atoms with Crippen molar-refractivity contribution in [1.82, 2.24) is 0 Å². The third-order valence-corrected chi connectivity index (χ3v) is 10.8. The Kier molecular flexibility index (Phi) is 6.39. The number of hydrogen-bond acceptors (Lipinski definition) is 7. The summed E-state index contributed by atoms with van der Waals surface area (Å²) in [5, 5.41) is 64.6. The summed E-state index contributed by atoms with van der Waals surface area (Å²) in [6, 6.07) is 17.4. The molecule has 168 valence electrons. The molecule has 9 atom stereocenters. The molecule has 0 unspecified atom stereocenters. The van der Waals surface area contributed by atoms with Gasteiger partial charge in [-0.3, -0.25) is 0 Å². The van der Waals surface area contributed by atoms with Gasteiger partial charge in [-0.1, -0.05) is 60.7 Å². The molecule has 0 amide bonds. The Labute approximate surface area is 181 Å². The van der Waals surface area contributed by atoms with E-state index in [1.165, 1.54) is 0 Å². The molecule has 0 heterocycles. The molecule has 2 saturated carbocycles. The lowest BCUT2D eigenvalue weighted by Gasteiger charge is -2.55. The van der Waals surface area contributed by atoms with E-state index in [1.54, 1.807) is 60.7 Å². The molecule has 31 heavy (non-hydrogen) atoms. The maximum atomic E-state index is 14.9. The molecule has 0 spiro atoms. The first-order valence-corrected chi connectivity index (χ1v) is 12.3. The number of benzene rings is 2. The molecule has 2 aliphatic rings. The van der Waals surface area contributed by atoms with E-state index in [0.29, 0.717) is 10.6 Å². The molecule has 8 heteroatoms. The van der Waals surface area contributed by atoms with E-state index >= 15 is 0 Å². The van der Waals surface area contributed by atoms with Crippen molar-refractivity contribution < 1.29 is 35.2 Å². The van der Waals surface area contributed by atoms with Crippen LogP contribution < -0.4 is 10.6 Å². The van der Waals surface area contributed by atoms with Gasteiger partial charge in [0.1, 0.15) is 19.3 Å². The molecule has 0 aromatic heterocycles. The Morgan fingerprint density at radius 3 is 1.61 bits per heavy atom. The second-order valence-corrected chi connectivity index (χ2v) is 11.6. The molecule has 0 bridgehead atoms. The van der Waals surface area contributed by atoms with Crippen molar-refractivity contribution in [2.45, 2.75) is 42.6 Å². The first kappa shape index (κ1) is 22.6. The minimum atomic E-state index is -3.59. The van der Waals surface area contributed by atoms with Crippen molar-refractivity contribution in [3.63, 3.8) is 0 Å². The lowest BCUT2D eigenvalue weighted by Crippen LogP contribution is -2.67. The highest BCUT2D eigenvalue weighted by atomic mass is 31.2. The molecular weight excluding hydrogens is 419 g/mol. The van der Waals surface area contributed by atoms with Crippen LogP contribution in [0.1, 0.15) is 6.42 Å². The van der Waals surface area contributed by atoms with Crippen LogP contribution in [0.15, 0.2) is 60.7 Å². The monoisotopic (exact) mass is 448 g/mol. The second-order valence-electron chi connectivity index (χ2n) is 8.68. The van der Waals surface area contributed by atoms with E-state index in [4.69, 9.17) is 0 Å². The zero-order valence-corrected chi connectivity index (χ0v) is 17.8. The molecule has 2 fully saturated rings. The van der Waals surface area contributed by atoms with Gasteiger partial charge >= 0.3 is 0 Å². The summed E-state index contributed by atoms with van der Waals surface area (Å²) in [7, 11) is -3.59. The third kappa shape index (κ3) is 3.58. The zero-order valence-electron chi connectivity index (χ0n) is 16.9. The topological polar surface area (TPSA) is 138 Å². The summed E-state index contributed by atoms with van der Waals surface area (Å²) in [4.78, 5) is 0. The molecule has 2 aromatic carbocycles. The van der Waals surface area contributed by atoms with E-state index in [-0.39, 0.29) is 13.0 Å². The smallest absolute Gasteiger partial charge is 0.149 e. The number of hydrogen-bond donors (Lipinski definition) is 6. The highest BCUT2D eigenvalue weighted by Crippen LogP contribution is 2.60. The molecule has 4 rings (SSSR count). The highest BCUT2D eigenvalue weighted by molar-refractivity contribution is 7.79. The van der Waals surface area contributed by atoms with E-state index in [9.17, 15) is 35.2 Å². The lowest BCUT2D eigenvalue weighted by molar-refractivity contribution is -0.211. The average molecular weight is 448 g/mol. The second kappa shape index (κ2) is 8.75. The standard InChI is InChI=1S/C23H29O7P/c24-12-13-11-16(25)23(18-17(13)19(26)21(28)22(29)20(18)27)31(30,14-7-3-1-4-8-14)15-9-5-2-6-10-15/h1-10,13,16-29H,11-12H2/t13-,16+,17-,18+,19-,20-,21+,22+,23-/m1/s1. The number of aliphatic hydroxyl groups excluding tert-OH is 6. The van der Waals surface area contributed by atoms with Crippen molar-refractivity contribution in [2.75, 3.05) is 6.61 Å². The quantitative estimate of drug-likeness (QED) is 0.345. The fourth-order valence-electron chi connectivity index (χ4n) is 5.67. The van der Waals surface area contributed by atoms with Gasteiger partial charge in [0, 0.05) is 23.1 Å². The van der Waals surface area contributed by atoms with Crippen LogP contribution in [-0.4, -0.2) is 73.4 Å². The van der Waals surface area contributed by atoms with Gasteiger partial charge in [-0.2, -0.15) is 0 Å². The van der Waals surface area contributed by atoms with Crippen molar-refractivity contribution in [3.8, 4) is 0 Å². The third-order valence-electron chi connectivity index (χ3n) is 7.09. The molecule has 0 aliphatic heterocycles. The fourth-order valence-corrected chi connectivity index (χ4v) is 9.36. The van der Waals surface area contributed by atoms with E-state index < -0.39 is 61.1 Å². The summed E-state index contributed by atoms with van der Waals surface area (Å²) >= 11 is 0.